The third kappa shape index (κ3) is 1.53. The minimum atomic E-state index is -0.394. The van der Waals surface area contributed by atoms with Crippen molar-refractivity contribution in [2.45, 2.75) is 36.9 Å². The topological polar surface area (TPSA) is 0 Å². The van der Waals surface area contributed by atoms with Crippen molar-refractivity contribution in [3.8, 4) is 0 Å². The fourth-order valence-electron chi connectivity index (χ4n) is 1.50. The smallest absolute Gasteiger partial charge is 0.101 e. The highest BCUT2D eigenvalue weighted by molar-refractivity contribution is 6.48. The summed E-state index contributed by atoms with van der Waals surface area (Å²) in [6, 6.07) is 0. The normalized spacial score (nSPS) is 33.0. The predicted octanol–water partition coefficient (Wildman–Crippen LogP) is 3.37. The molecule has 54 valence electrons. The van der Waals surface area contributed by atoms with Crippen LogP contribution in [0.3, 0.4) is 0 Å². The lowest BCUT2D eigenvalue weighted by molar-refractivity contribution is 0.506. The van der Waals surface area contributed by atoms with Gasteiger partial charge in [0.25, 0.3) is 0 Å². The quantitative estimate of drug-likeness (QED) is 0.525. The Bertz CT molecular complexity index is 99.1. The van der Waals surface area contributed by atoms with Gasteiger partial charge in [-0.2, -0.15) is 0 Å². The molecule has 0 bridgehead atoms. The molecule has 0 amide bonds. The maximum absolute atomic E-state index is 6.00. The molecule has 1 rings (SSSR count). The number of alkyl halides is 2. The van der Waals surface area contributed by atoms with Gasteiger partial charge in [0.05, 0.1) is 0 Å². The summed E-state index contributed by atoms with van der Waals surface area (Å²) < 4.78 is -0.394. The summed E-state index contributed by atoms with van der Waals surface area (Å²) in [5, 5.41) is 0. The van der Waals surface area contributed by atoms with Gasteiger partial charge in [-0.3, -0.25) is 0 Å². The number of hydrogen-bond donors (Lipinski definition) is 0. The Labute approximate surface area is 66.5 Å². The van der Waals surface area contributed by atoms with Crippen LogP contribution in [0.2, 0.25) is 0 Å². The minimum Gasteiger partial charge on any atom is -0.101 e. The summed E-state index contributed by atoms with van der Waals surface area (Å²) in [7, 11) is 0. The Morgan fingerprint density at radius 1 is 1.56 bits per heavy atom. The molecule has 0 aromatic heterocycles. The highest BCUT2D eigenvalue weighted by atomic mass is 35.5. The van der Waals surface area contributed by atoms with Gasteiger partial charge in [0, 0.05) is 0 Å². The van der Waals surface area contributed by atoms with Crippen LogP contribution in [0.5, 0.6) is 0 Å². The third-order valence-corrected chi connectivity index (χ3v) is 3.15. The summed E-state index contributed by atoms with van der Waals surface area (Å²) >= 11 is 12.0. The Morgan fingerprint density at radius 3 is 2.44 bits per heavy atom. The standard InChI is InChI=1S/C7H12Cl2/c1-2-6-4-3-5-7(6,8)9/h6H,2-5H2,1H3. The van der Waals surface area contributed by atoms with Gasteiger partial charge in [0.15, 0.2) is 0 Å². The van der Waals surface area contributed by atoms with Gasteiger partial charge in [-0.25, -0.2) is 0 Å². The van der Waals surface area contributed by atoms with Crippen LogP contribution in [0.4, 0.5) is 0 Å². The fraction of sp³-hybridized carbons (Fsp3) is 1.00. The van der Waals surface area contributed by atoms with E-state index in [0.717, 1.165) is 12.8 Å². The Balaban J connectivity index is 2.52. The molecule has 1 fully saturated rings. The van der Waals surface area contributed by atoms with Crippen molar-refractivity contribution in [1.82, 2.24) is 0 Å². The van der Waals surface area contributed by atoms with Crippen molar-refractivity contribution in [3.05, 3.63) is 0 Å². The summed E-state index contributed by atoms with van der Waals surface area (Å²) in [6.45, 7) is 2.15. The fourth-order valence-corrected chi connectivity index (χ4v) is 2.30. The third-order valence-electron chi connectivity index (χ3n) is 2.15. The number of rotatable bonds is 1. The molecule has 1 aliphatic carbocycles. The van der Waals surface area contributed by atoms with Crippen molar-refractivity contribution < 1.29 is 0 Å². The van der Waals surface area contributed by atoms with Crippen LogP contribution in [0.15, 0.2) is 0 Å². The highest BCUT2D eigenvalue weighted by Crippen LogP contribution is 2.45. The average Bonchev–Trinajstić information content (AvgIpc) is 2.08. The second-order valence-corrected chi connectivity index (χ2v) is 4.30. The maximum atomic E-state index is 6.00. The van der Waals surface area contributed by atoms with E-state index < -0.39 is 4.33 Å². The van der Waals surface area contributed by atoms with Crippen LogP contribution in [-0.4, -0.2) is 4.33 Å². The van der Waals surface area contributed by atoms with Gasteiger partial charge in [-0.05, 0) is 18.8 Å². The van der Waals surface area contributed by atoms with Gasteiger partial charge < -0.3 is 0 Å². The molecule has 2 heteroatoms. The van der Waals surface area contributed by atoms with E-state index in [1.54, 1.807) is 0 Å². The average molecular weight is 167 g/mol. The minimum absolute atomic E-state index is 0.394. The van der Waals surface area contributed by atoms with E-state index in [0.29, 0.717) is 5.92 Å². The molecule has 1 unspecified atom stereocenters. The Morgan fingerprint density at radius 2 is 2.22 bits per heavy atom. The molecule has 0 aromatic carbocycles. The molecule has 0 heterocycles. The van der Waals surface area contributed by atoms with E-state index in [1.165, 1.54) is 12.8 Å². The van der Waals surface area contributed by atoms with E-state index in [4.69, 9.17) is 23.2 Å². The molecule has 0 nitrogen and oxygen atoms in total. The first-order valence-corrected chi connectivity index (χ1v) is 4.30. The van der Waals surface area contributed by atoms with E-state index in [1.807, 2.05) is 0 Å². The Kier molecular flexibility index (Phi) is 2.28. The predicted molar refractivity (Wildman–Crippen MR) is 42.1 cm³/mol. The molecular weight excluding hydrogens is 155 g/mol. The molecule has 0 spiro atoms. The molecule has 1 aliphatic rings. The van der Waals surface area contributed by atoms with Gasteiger partial charge in [-0.1, -0.05) is 19.8 Å². The SMILES string of the molecule is CCC1CCCC1(Cl)Cl. The van der Waals surface area contributed by atoms with Crippen molar-refractivity contribution in [3.63, 3.8) is 0 Å². The molecule has 0 aliphatic heterocycles. The second-order valence-electron chi connectivity index (χ2n) is 2.76. The van der Waals surface area contributed by atoms with E-state index in [9.17, 15) is 0 Å². The monoisotopic (exact) mass is 166 g/mol. The molecule has 0 saturated heterocycles. The summed E-state index contributed by atoms with van der Waals surface area (Å²) in [4.78, 5) is 0. The van der Waals surface area contributed by atoms with Crippen LogP contribution >= 0.6 is 23.2 Å². The lowest BCUT2D eigenvalue weighted by Gasteiger charge is -2.19. The molecule has 0 N–H and O–H groups in total. The largest absolute Gasteiger partial charge is 0.121 e. The summed E-state index contributed by atoms with van der Waals surface area (Å²) in [5.74, 6) is 0.542. The molecule has 1 atom stereocenters. The molecule has 0 radical (unpaired) electrons. The maximum Gasteiger partial charge on any atom is 0.121 e. The van der Waals surface area contributed by atoms with Crippen LogP contribution < -0.4 is 0 Å². The first-order valence-electron chi connectivity index (χ1n) is 3.54. The van der Waals surface area contributed by atoms with Crippen LogP contribution in [-0.2, 0) is 0 Å². The second kappa shape index (κ2) is 2.67. The first kappa shape index (κ1) is 7.68. The highest BCUT2D eigenvalue weighted by Gasteiger charge is 2.37. The summed E-state index contributed by atoms with van der Waals surface area (Å²) in [5.41, 5.74) is 0. The van der Waals surface area contributed by atoms with Crippen LogP contribution in [0.1, 0.15) is 32.6 Å². The lowest BCUT2D eigenvalue weighted by atomic mass is 10.1. The van der Waals surface area contributed by atoms with E-state index >= 15 is 0 Å². The van der Waals surface area contributed by atoms with Crippen molar-refractivity contribution >= 4 is 23.2 Å². The van der Waals surface area contributed by atoms with Gasteiger partial charge in [-0.15, -0.1) is 23.2 Å². The molecule has 0 aromatic rings. The van der Waals surface area contributed by atoms with Crippen molar-refractivity contribution in [2.24, 2.45) is 5.92 Å². The molecular formula is C7H12Cl2. The van der Waals surface area contributed by atoms with Gasteiger partial charge in [0.1, 0.15) is 4.33 Å². The van der Waals surface area contributed by atoms with Gasteiger partial charge in [0.2, 0.25) is 0 Å². The number of hydrogen-bond acceptors (Lipinski definition) is 0. The zero-order valence-corrected chi connectivity index (χ0v) is 7.17. The molecule has 1 saturated carbocycles. The zero-order valence-electron chi connectivity index (χ0n) is 5.66. The summed E-state index contributed by atoms with van der Waals surface area (Å²) in [6.07, 6.45) is 4.51. The van der Waals surface area contributed by atoms with Crippen LogP contribution in [0.25, 0.3) is 0 Å². The van der Waals surface area contributed by atoms with Crippen LogP contribution in [0, 0.1) is 5.92 Å². The van der Waals surface area contributed by atoms with E-state index in [-0.39, 0.29) is 0 Å². The Hall–Kier alpha value is 0.580. The zero-order chi connectivity index (χ0) is 6.91. The molecule has 9 heavy (non-hydrogen) atoms. The lowest BCUT2D eigenvalue weighted by Crippen LogP contribution is -2.17. The number of halogens is 2. The van der Waals surface area contributed by atoms with Crippen molar-refractivity contribution in [1.29, 1.82) is 0 Å². The van der Waals surface area contributed by atoms with Gasteiger partial charge >= 0.3 is 0 Å². The first-order chi connectivity index (χ1) is 4.17. The van der Waals surface area contributed by atoms with Crippen molar-refractivity contribution in [2.75, 3.05) is 0 Å². The van der Waals surface area contributed by atoms with E-state index in [2.05, 4.69) is 6.92 Å².